The average molecular weight is 300 g/mol. The van der Waals surface area contributed by atoms with Gasteiger partial charge >= 0.3 is 0 Å². The highest BCUT2D eigenvalue weighted by Gasteiger charge is 2.18. The minimum atomic E-state index is -0.139. The second kappa shape index (κ2) is 6.79. The normalized spacial score (nSPS) is 16.0. The number of aromatic hydroxyl groups is 1. The monoisotopic (exact) mass is 300 g/mol. The molecule has 4 heteroatoms. The predicted molar refractivity (Wildman–Crippen MR) is 86.9 cm³/mol. The van der Waals surface area contributed by atoms with Crippen molar-refractivity contribution >= 4 is 5.69 Å². The smallest absolute Gasteiger partial charge is 0.146 e. The van der Waals surface area contributed by atoms with Crippen molar-refractivity contribution in [2.24, 2.45) is 0 Å². The molecule has 0 atom stereocenters. The number of nitrogens with zero attached hydrogens (tertiary/aromatic N) is 2. The number of anilines is 1. The van der Waals surface area contributed by atoms with Crippen LogP contribution < -0.4 is 4.90 Å². The zero-order chi connectivity index (χ0) is 15.4. The summed E-state index contributed by atoms with van der Waals surface area (Å²) in [5, 5.41) is 9.29. The fourth-order valence-corrected chi connectivity index (χ4v) is 2.87. The summed E-state index contributed by atoms with van der Waals surface area (Å²) in [6, 6.07) is 14.4. The van der Waals surface area contributed by atoms with E-state index in [2.05, 4.69) is 9.80 Å². The van der Waals surface area contributed by atoms with E-state index in [1.54, 1.807) is 18.2 Å². The van der Waals surface area contributed by atoms with E-state index >= 15 is 0 Å². The third kappa shape index (κ3) is 3.57. The highest BCUT2D eigenvalue weighted by Crippen LogP contribution is 2.20. The van der Waals surface area contributed by atoms with E-state index < -0.39 is 0 Å². The highest BCUT2D eigenvalue weighted by atomic mass is 19.1. The Labute approximate surface area is 130 Å². The molecule has 0 aliphatic carbocycles. The summed E-state index contributed by atoms with van der Waals surface area (Å²) in [7, 11) is 0. The van der Waals surface area contributed by atoms with Crippen LogP contribution in [0.2, 0.25) is 0 Å². The largest absolute Gasteiger partial charge is 0.508 e. The van der Waals surface area contributed by atoms with E-state index in [1.807, 2.05) is 24.3 Å². The molecule has 1 fully saturated rings. The maximum atomic E-state index is 13.8. The van der Waals surface area contributed by atoms with Crippen molar-refractivity contribution in [3.05, 3.63) is 59.9 Å². The number of phenolic OH excluding ortho intramolecular Hbond substituents is 1. The van der Waals surface area contributed by atoms with Gasteiger partial charge in [0.2, 0.25) is 0 Å². The molecule has 0 amide bonds. The Balaban J connectivity index is 1.50. The van der Waals surface area contributed by atoms with Crippen molar-refractivity contribution in [1.29, 1.82) is 0 Å². The summed E-state index contributed by atoms with van der Waals surface area (Å²) in [5.74, 6) is 0.169. The molecule has 1 aliphatic heterocycles. The molecule has 1 saturated heterocycles. The van der Waals surface area contributed by atoms with Gasteiger partial charge in [0.05, 0.1) is 5.69 Å². The van der Waals surface area contributed by atoms with Crippen molar-refractivity contribution < 1.29 is 9.50 Å². The van der Waals surface area contributed by atoms with Crippen LogP contribution in [0.1, 0.15) is 5.56 Å². The Morgan fingerprint density at radius 3 is 2.27 bits per heavy atom. The standard InChI is InChI=1S/C18H21FN2O/c19-17-3-1-2-4-18(17)21-13-11-20(12-14-21)10-9-15-5-7-16(22)8-6-15/h1-8,22H,9-14H2. The van der Waals surface area contributed by atoms with Crippen LogP contribution in [0.4, 0.5) is 10.1 Å². The molecule has 0 radical (unpaired) electrons. The van der Waals surface area contributed by atoms with Gasteiger partial charge in [-0.15, -0.1) is 0 Å². The van der Waals surface area contributed by atoms with E-state index in [0.717, 1.165) is 39.1 Å². The Morgan fingerprint density at radius 1 is 0.909 bits per heavy atom. The molecule has 1 aliphatic rings. The Morgan fingerprint density at radius 2 is 1.59 bits per heavy atom. The Kier molecular flexibility index (Phi) is 4.59. The first-order chi connectivity index (χ1) is 10.7. The van der Waals surface area contributed by atoms with E-state index in [9.17, 15) is 9.50 Å². The number of piperazine rings is 1. The van der Waals surface area contributed by atoms with Crippen molar-refractivity contribution in [3.63, 3.8) is 0 Å². The summed E-state index contributed by atoms with van der Waals surface area (Å²) in [4.78, 5) is 4.52. The third-order valence-electron chi connectivity index (χ3n) is 4.22. The molecule has 0 saturated carbocycles. The lowest BCUT2D eigenvalue weighted by atomic mass is 10.1. The zero-order valence-corrected chi connectivity index (χ0v) is 12.6. The first-order valence-electron chi connectivity index (χ1n) is 7.72. The van der Waals surface area contributed by atoms with E-state index in [0.29, 0.717) is 11.4 Å². The molecule has 2 aromatic carbocycles. The van der Waals surface area contributed by atoms with E-state index in [1.165, 1.54) is 11.6 Å². The number of benzene rings is 2. The van der Waals surface area contributed by atoms with Crippen molar-refractivity contribution in [1.82, 2.24) is 4.90 Å². The minimum Gasteiger partial charge on any atom is -0.508 e. The van der Waals surface area contributed by atoms with Crippen LogP contribution in [0.3, 0.4) is 0 Å². The first-order valence-corrected chi connectivity index (χ1v) is 7.72. The van der Waals surface area contributed by atoms with Crippen LogP contribution in [0.5, 0.6) is 5.75 Å². The zero-order valence-electron chi connectivity index (χ0n) is 12.6. The first kappa shape index (κ1) is 14.9. The summed E-state index contributed by atoms with van der Waals surface area (Å²) in [5.41, 5.74) is 1.94. The quantitative estimate of drug-likeness (QED) is 0.940. The van der Waals surface area contributed by atoms with E-state index in [4.69, 9.17) is 0 Å². The van der Waals surface area contributed by atoms with Gasteiger partial charge in [-0.3, -0.25) is 4.90 Å². The summed E-state index contributed by atoms with van der Waals surface area (Å²) < 4.78 is 13.8. The second-order valence-corrected chi connectivity index (χ2v) is 5.70. The topological polar surface area (TPSA) is 26.7 Å². The molecule has 3 rings (SSSR count). The summed E-state index contributed by atoms with van der Waals surface area (Å²) in [6.45, 7) is 4.61. The van der Waals surface area contributed by atoms with Crippen LogP contribution in [-0.2, 0) is 6.42 Å². The number of para-hydroxylation sites is 1. The predicted octanol–water partition coefficient (Wildman–Crippen LogP) is 2.90. The molecule has 2 aromatic rings. The lowest BCUT2D eigenvalue weighted by Crippen LogP contribution is -2.47. The van der Waals surface area contributed by atoms with Gasteiger partial charge in [0.1, 0.15) is 11.6 Å². The SMILES string of the molecule is Oc1ccc(CCN2CCN(c3ccccc3F)CC2)cc1. The van der Waals surface area contributed by atoms with Crippen LogP contribution in [0, 0.1) is 5.82 Å². The molecule has 1 heterocycles. The van der Waals surface area contributed by atoms with Crippen LogP contribution in [0.25, 0.3) is 0 Å². The molecule has 116 valence electrons. The molecular weight excluding hydrogens is 279 g/mol. The van der Waals surface area contributed by atoms with Gasteiger partial charge in [0.25, 0.3) is 0 Å². The molecule has 1 N–H and O–H groups in total. The van der Waals surface area contributed by atoms with Crippen molar-refractivity contribution in [2.75, 3.05) is 37.6 Å². The van der Waals surface area contributed by atoms with Gasteiger partial charge in [-0.25, -0.2) is 4.39 Å². The lowest BCUT2D eigenvalue weighted by Gasteiger charge is -2.36. The van der Waals surface area contributed by atoms with Gasteiger partial charge < -0.3 is 10.0 Å². The molecular formula is C18H21FN2O. The van der Waals surface area contributed by atoms with Crippen LogP contribution >= 0.6 is 0 Å². The fraction of sp³-hybridized carbons (Fsp3) is 0.333. The second-order valence-electron chi connectivity index (χ2n) is 5.70. The van der Waals surface area contributed by atoms with Crippen LogP contribution in [0.15, 0.2) is 48.5 Å². The molecule has 0 bridgehead atoms. The van der Waals surface area contributed by atoms with Gasteiger partial charge in [-0.2, -0.15) is 0 Å². The Hall–Kier alpha value is -2.07. The maximum Gasteiger partial charge on any atom is 0.146 e. The third-order valence-corrected chi connectivity index (χ3v) is 4.22. The molecule has 22 heavy (non-hydrogen) atoms. The molecule has 0 aromatic heterocycles. The fourth-order valence-electron chi connectivity index (χ4n) is 2.87. The molecule has 0 spiro atoms. The summed E-state index contributed by atoms with van der Waals surface area (Å²) >= 11 is 0. The highest BCUT2D eigenvalue weighted by molar-refractivity contribution is 5.48. The number of halogens is 1. The molecule has 0 unspecified atom stereocenters. The Bertz CT molecular complexity index is 607. The minimum absolute atomic E-state index is 0.139. The lowest BCUT2D eigenvalue weighted by molar-refractivity contribution is 0.260. The van der Waals surface area contributed by atoms with Gasteiger partial charge in [0, 0.05) is 32.7 Å². The number of rotatable bonds is 4. The summed E-state index contributed by atoms with van der Waals surface area (Å²) in [6.07, 6.45) is 0.972. The van der Waals surface area contributed by atoms with E-state index in [-0.39, 0.29) is 5.82 Å². The van der Waals surface area contributed by atoms with Gasteiger partial charge in [-0.1, -0.05) is 24.3 Å². The van der Waals surface area contributed by atoms with Crippen molar-refractivity contribution in [2.45, 2.75) is 6.42 Å². The number of phenols is 1. The van der Waals surface area contributed by atoms with Crippen LogP contribution in [-0.4, -0.2) is 42.7 Å². The maximum absolute atomic E-state index is 13.8. The van der Waals surface area contributed by atoms with Crippen molar-refractivity contribution in [3.8, 4) is 5.75 Å². The average Bonchev–Trinajstić information content (AvgIpc) is 2.55. The van der Waals surface area contributed by atoms with Gasteiger partial charge in [0.15, 0.2) is 0 Å². The number of hydrogen-bond acceptors (Lipinski definition) is 3. The number of hydrogen-bond donors (Lipinski definition) is 1. The van der Waals surface area contributed by atoms with Gasteiger partial charge in [-0.05, 0) is 36.2 Å². The molecule has 3 nitrogen and oxygen atoms in total.